The fraction of sp³-hybridized carbons (Fsp3) is 0.111. The topological polar surface area (TPSA) is 52.4 Å². The Bertz CT molecular complexity index is 409. The number of halogens is 2. The number of nitrogens with zero attached hydrogens (tertiary/aromatic N) is 1. The second-order valence-electron chi connectivity index (χ2n) is 2.59. The van der Waals surface area contributed by atoms with Crippen molar-refractivity contribution in [3.05, 3.63) is 45.7 Å². The van der Waals surface area contributed by atoms with Crippen molar-refractivity contribution < 1.29 is 14.1 Å². The lowest BCUT2D eigenvalue weighted by Gasteiger charge is -2.05. The number of nitro benzene ring substituents is 1. The van der Waals surface area contributed by atoms with Crippen molar-refractivity contribution in [3.63, 3.8) is 0 Å². The lowest BCUT2D eigenvalue weighted by molar-refractivity contribution is -0.387. The van der Waals surface area contributed by atoms with E-state index in [0.29, 0.717) is 0 Å². The van der Waals surface area contributed by atoms with Crippen LogP contribution >= 0.6 is 11.6 Å². The average Bonchev–Trinajstić information content (AvgIpc) is 2.16. The van der Waals surface area contributed by atoms with E-state index in [-0.39, 0.29) is 17.4 Å². The Hall–Kier alpha value is -1.62. The van der Waals surface area contributed by atoms with Gasteiger partial charge in [0.1, 0.15) is 12.4 Å². The van der Waals surface area contributed by atoms with Crippen molar-refractivity contribution in [3.8, 4) is 5.75 Å². The van der Waals surface area contributed by atoms with Crippen molar-refractivity contribution >= 4 is 17.3 Å². The molecule has 0 spiro atoms. The molecule has 6 heteroatoms. The van der Waals surface area contributed by atoms with Crippen molar-refractivity contribution in [1.82, 2.24) is 0 Å². The molecule has 1 rings (SSSR count). The van der Waals surface area contributed by atoms with Crippen molar-refractivity contribution in [2.45, 2.75) is 0 Å². The molecule has 0 aliphatic carbocycles. The van der Waals surface area contributed by atoms with Gasteiger partial charge < -0.3 is 4.74 Å². The summed E-state index contributed by atoms with van der Waals surface area (Å²) in [5.74, 6) is -0.930. The van der Waals surface area contributed by atoms with Crippen LogP contribution in [0.25, 0.3) is 0 Å². The van der Waals surface area contributed by atoms with E-state index in [2.05, 4.69) is 6.58 Å². The maximum atomic E-state index is 13.0. The molecule has 0 aromatic heterocycles. The minimum atomic E-state index is -0.990. The zero-order valence-corrected chi connectivity index (χ0v) is 8.33. The van der Waals surface area contributed by atoms with Gasteiger partial charge in [0.25, 0.3) is 0 Å². The van der Waals surface area contributed by atoms with E-state index in [0.717, 1.165) is 12.1 Å². The number of benzene rings is 1. The molecule has 0 saturated carbocycles. The van der Waals surface area contributed by atoms with Crippen LogP contribution in [0.1, 0.15) is 0 Å². The Morgan fingerprint density at radius 3 is 2.87 bits per heavy atom. The summed E-state index contributed by atoms with van der Waals surface area (Å²) in [4.78, 5) is 9.56. The molecule has 0 fully saturated rings. The SMILES string of the molecule is C=CCOc1cc([N+](=O)[O-])c(F)cc1Cl. The van der Waals surface area contributed by atoms with Crippen LogP contribution in [0.4, 0.5) is 10.1 Å². The summed E-state index contributed by atoms with van der Waals surface area (Å²) < 4.78 is 18.0. The molecule has 15 heavy (non-hydrogen) atoms. The van der Waals surface area contributed by atoms with E-state index >= 15 is 0 Å². The van der Waals surface area contributed by atoms with Crippen LogP contribution in [-0.4, -0.2) is 11.5 Å². The van der Waals surface area contributed by atoms with Crippen LogP contribution in [0.3, 0.4) is 0 Å². The average molecular weight is 232 g/mol. The Balaban J connectivity index is 3.11. The highest BCUT2D eigenvalue weighted by Gasteiger charge is 2.18. The number of rotatable bonds is 4. The third-order valence-electron chi connectivity index (χ3n) is 1.55. The van der Waals surface area contributed by atoms with Gasteiger partial charge in [-0.3, -0.25) is 10.1 Å². The summed E-state index contributed by atoms with van der Waals surface area (Å²) in [6.45, 7) is 3.55. The van der Waals surface area contributed by atoms with Crippen molar-refractivity contribution in [1.29, 1.82) is 0 Å². The summed E-state index contributed by atoms with van der Waals surface area (Å²) in [6, 6.07) is 1.79. The van der Waals surface area contributed by atoms with Gasteiger partial charge in [0.15, 0.2) is 0 Å². The second kappa shape index (κ2) is 4.75. The van der Waals surface area contributed by atoms with E-state index in [1.165, 1.54) is 6.08 Å². The minimum Gasteiger partial charge on any atom is -0.488 e. The third kappa shape index (κ3) is 2.66. The molecule has 0 amide bonds. The van der Waals surface area contributed by atoms with Crippen LogP contribution in [0, 0.1) is 15.9 Å². The first-order valence-corrected chi connectivity index (χ1v) is 4.31. The van der Waals surface area contributed by atoms with Gasteiger partial charge in [-0.2, -0.15) is 4.39 Å². The molecule has 0 atom stereocenters. The van der Waals surface area contributed by atoms with E-state index < -0.39 is 16.4 Å². The second-order valence-corrected chi connectivity index (χ2v) is 3.00. The summed E-state index contributed by atoms with van der Waals surface area (Å²) >= 11 is 5.62. The molecule has 0 bridgehead atoms. The maximum Gasteiger partial charge on any atom is 0.308 e. The van der Waals surface area contributed by atoms with Crippen molar-refractivity contribution in [2.75, 3.05) is 6.61 Å². The first-order valence-electron chi connectivity index (χ1n) is 3.93. The van der Waals surface area contributed by atoms with E-state index in [1.54, 1.807) is 0 Å². The van der Waals surface area contributed by atoms with Crippen LogP contribution in [0.5, 0.6) is 5.75 Å². The van der Waals surface area contributed by atoms with Gasteiger partial charge in [-0.05, 0) is 0 Å². The third-order valence-corrected chi connectivity index (χ3v) is 1.85. The van der Waals surface area contributed by atoms with Gasteiger partial charge in [0.2, 0.25) is 5.82 Å². The molecule has 4 nitrogen and oxygen atoms in total. The number of nitro groups is 1. The van der Waals surface area contributed by atoms with Crippen LogP contribution in [0.2, 0.25) is 5.02 Å². The molecule has 0 N–H and O–H groups in total. The zero-order chi connectivity index (χ0) is 11.4. The largest absolute Gasteiger partial charge is 0.488 e. The highest BCUT2D eigenvalue weighted by atomic mass is 35.5. The highest BCUT2D eigenvalue weighted by molar-refractivity contribution is 6.32. The van der Waals surface area contributed by atoms with Gasteiger partial charge in [0.05, 0.1) is 16.0 Å². The number of ether oxygens (including phenoxy) is 1. The summed E-state index contributed by atoms with van der Waals surface area (Å²) in [6.07, 6.45) is 1.45. The zero-order valence-electron chi connectivity index (χ0n) is 7.57. The summed E-state index contributed by atoms with van der Waals surface area (Å²) in [5.41, 5.74) is -0.668. The van der Waals surface area contributed by atoms with E-state index in [9.17, 15) is 14.5 Å². The molecular formula is C9H7ClFNO3. The first kappa shape index (κ1) is 11.5. The number of hydrogen-bond donors (Lipinski definition) is 0. The first-order chi connectivity index (χ1) is 7.06. The Labute approximate surface area is 90.1 Å². The molecule has 0 aliphatic heterocycles. The molecule has 80 valence electrons. The maximum absolute atomic E-state index is 13.0. The van der Waals surface area contributed by atoms with Gasteiger partial charge in [0, 0.05) is 6.07 Å². The fourth-order valence-corrected chi connectivity index (χ4v) is 1.12. The Kier molecular flexibility index (Phi) is 3.62. The monoisotopic (exact) mass is 231 g/mol. The molecule has 0 unspecified atom stereocenters. The standard InChI is InChI=1S/C9H7ClFNO3/c1-2-3-15-9-5-8(12(13)14)7(11)4-6(9)10/h2,4-5H,1,3H2. The summed E-state index contributed by atoms with van der Waals surface area (Å²) in [7, 11) is 0. The van der Waals surface area contributed by atoms with E-state index in [1.807, 2.05) is 0 Å². The minimum absolute atomic E-state index is 0.0139. The number of hydrogen-bond acceptors (Lipinski definition) is 3. The van der Waals surface area contributed by atoms with Crippen molar-refractivity contribution in [2.24, 2.45) is 0 Å². The molecule has 0 saturated heterocycles. The quantitative estimate of drug-likeness (QED) is 0.455. The van der Waals surface area contributed by atoms with Gasteiger partial charge in [-0.25, -0.2) is 0 Å². The van der Waals surface area contributed by atoms with Gasteiger partial charge in [-0.1, -0.05) is 24.3 Å². The normalized spacial score (nSPS) is 9.73. The van der Waals surface area contributed by atoms with Crippen LogP contribution in [-0.2, 0) is 0 Å². The lowest BCUT2D eigenvalue weighted by Crippen LogP contribution is -1.97. The predicted molar refractivity (Wildman–Crippen MR) is 53.8 cm³/mol. The van der Waals surface area contributed by atoms with Crippen LogP contribution in [0.15, 0.2) is 24.8 Å². The Morgan fingerprint density at radius 1 is 1.67 bits per heavy atom. The van der Waals surface area contributed by atoms with E-state index in [4.69, 9.17) is 16.3 Å². The van der Waals surface area contributed by atoms with Crippen LogP contribution < -0.4 is 4.74 Å². The molecule has 0 radical (unpaired) electrons. The lowest BCUT2D eigenvalue weighted by atomic mass is 10.3. The molecule has 1 aromatic rings. The molecule has 1 aromatic carbocycles. The molecule has 0 aliphatic rings. The predicted octanol–water partition coefficient (Wildman–Crippen LogP) is 2.95. The smallest absolute Gasteiger partial charge is 0.308 e. The molecule has 0 heterocycles. The fourth-order valence-electron chi connectivity index (χ4n) is 0.918. The van der Waals surface area contributed by atoms with Gasteiger partial charge in [-0.15, -0.1) is 0 Å². The van der Waals surface area contributed by atoms with Gasteiger partial charge >= 0.3 is 5.69 Å². The Morgan fingerprint density at radius 2 is 2.33 bits per heavy atom. The molecular weight excluding hydrogens is 225 g/mol. The summed E-state index contributed by atoms with van der Waals surface area (Å²) in [5, 5.41) is 10.4. The highest BCUT2D eigenvalue weighted by Crippen LogP contribution is 2.31.